The molecule has 0 unspecified atom stereocenters. The molecule has 1 saturated carbocycles. The SMILES string of the molecule is COc1cccc2c1c(C(=O)NC1CCCCC1)c(O)n2C(N)=O. The quantitative estimate of drug-likeness (QED) is 0.802. The van der Waals surface area contributed by atoms with Crippen LogP contribution in [0, 0.1) is 0 Å². The number of aromatic hydroxyl groups is 1. The smallest absolute Gasteiger partial charge is 0.326 e. The Balaban J connectivity index is 2.10. The molecule has 7 nitrogen and oxygen atoms in total. The summed E-state index contributed by atoms with van der Waals surface area (Å²) in [5.74, 6) is -0.485. The molecule has 1 fully saturated rings. The van der Waals surface area contributed by atoms with Crippen LogP contribution in [0.1, 0.15) is 42.5 Å². The Labute approximate surface area is 139 Å². The van der Waals surface area contributed by atoms with Crippen LogP contribution in [-0.2, 0) is 0 Å². The number of nitrogens with zero attached hydrogens (tertiary/aromatic N) is 1. The van der Waals surface area contributed by atoms with Crippen LogP contribution in [0.25, 0.3) is 10.9 Å². The highest BCUT2D eigenvalue weighted by molar-refractivity contribution is 6.14. The van der Waals surface area contributed by atoms with Crippen LogP contribution < -0.4 is 15.8 Å². The first-order valence-electron chi connectivity index (χ1n) is 8.05. The lowest BCUT2D eigenvalue weighted by atomic mass is 9.95. The van der Waals surface area contributed by atoms with Gasteiger partial charge < -0.3 is 20.9 Å². The third kappa shape index (κ3) is 2.66. The van der Waals surface area contributed by atoms with E-state index in [4.69, 9.17) is 10.5 Å². The van der Waals surface area contributed by atoms with E-state index in [-0.39, 0.29) is 11.6 Å². The molecule has 2 amide bonds. The number of primary amides is 1. The molecule has 1 aromatic carbocycles. The van der Waals surface area contributed by atoms with E-state index in [0.717, 1.165) is 30.3 Å². The minimum Gasteiger partial charge on any atom is -0.496 e. The van der Waals surface area contributed by atoms with Crippen molar-refractivity contribution in [2.45, 2.75) is 38.1 Å². The van der Waals surface area contributed by atoms with Crippen molar-refractivity contribution in [1.29, 1.82) is 0 Å². The fourth-order valence-electron chi connectivity index (χ4n) is 3.41. The summed E-state index contributed by atoms with van der Waals surface area (Å²) in [6, 6.07) is 4.17. The second-order valence-corrected chi connectivity index (χ2v) is 6.04. The number of rotatable bonds is 3. The number of carbonyl (C=O) groups excluding carboxylic acids is 2. The lowest BCUT2D eigenvalue weighted by molar-refractivity contribution is 0.0926. The number of carbonyl (C=O) groups is 2. The topological polar surface area (TPSA) is 107 Å². The first-order chi connectivity index (χ1) is 11.5. The Kier molecular flexibility index (Phi) is 4.33. The molecule has 1 aromatic heterocycles. The highest BCUT2D eigenvalue weighted by atomic mass is 16.5. The average Bonchev–Trinajstić information content (AvgIpc) is 2.87. The zero-order valence-corrected chi connectivity index (χ0v) is 13.5. The van der Waals surface area contributed by atoms with E-state index >= 15 is 0 Å². The van der Waals surface area contributed by atoms with Gasteiger partial charge in [-0.3, -0.25) is 4.79 Å². The predicted molar refractivity (Wildman–Crippen MR) is 89.5 cm³/mol. The number of hydrogen-bond acceptors (Lipinski definition) is 4. The number of nitrogens with one attached hydrogen (secondary N) is 1. The molecule has 1 heterocycles. The summed E-state index contributed by atoms with van der Waals surface area (Å²) in [7, 11) is 1.47. The number of methoxy groups -OCH3 is 1. The van der Waals surface area contributed by atoms with E-state index < -0.39 is 17.8 Å². The number of benzene rings is 1. The largest absolute Gasteiger partial charge is 0.496 e. The Hall–Kier alpha value is -2.70. The van der Waals surface area contributed by atoms with Crippen LogP contribution in [0.2, 0.25) is 0 Å². The fourth-order valence-corrected chi connectivity index (χ4v) is 3.41. The first kappa shape index (κ1) is 16.2. The maximum absolute atomic E-state index is 12.8. The normalized spacial score (nSPS) is 15.4. The van der Waals surface area contributed by atoms with E-state index in [1.54, 1.807) is 18.2 Å². The van der Waals surface area contributed by atoms with Crippen molar-refractivity contribution in [3.8, 4) is 11.6 Å². The lowest BCUT2D eigenvalue weighted by Gasteiger charge is -2.22. The van der Waals surface area contributed by atoms with Gasteiger partial charge in [0, 0.05) is 6.04 Å². The molecule has 7 heteroatoms. The Bertz CT molecular complexity index is 791. The summed E-state index contributed by atoms with van der Waals surface area (Å²) in [5.41, 5.74) is 5.72. The molecule has 2 aromatic rings. The van der Waals surface area contributed by atoms with E-state index in [1.807, 2.05) is 0 Å². The van der Waals surface area contributed by atoms with Crippen molar-refractivity contribution < 1.29 is 19.4 Å². The molecule has 0 atom stereocenters. The van der Waals surface area contributed by atoms with Crippen molar-refractivity contribution in [3.63, 3.8) is 0 Å². The summed E-state index contributed by atoms with van der Waals surface area (Å²) in [4.78, 5) is 24.5. The molecule has 3 rings (SSSR count). The minimum atomic E-state index is -0.859. The Morgan fingerprint density at radius 3 is 2.62 bits per heavy atom. The van der Waals surface area contributed by atoms with Gasteiger partial charge in [-0.15, -0.1) is 0 Å². The van der Waals surface area contributed by atoms with E-state index in [0.29, 0.717) is 16.7 Å². The number of aromatic nitrogens is 1. The van der Waals surface area contributed by atoms with Gasteiger partial charge in [-0.1, -0.05) is 25.3 Å². The number of hydrogen-bond donors (Lipinski definition) is 3. The van der Waals surface area contributed by atoms with Gasteiger partial charge in [0.05, 0.1) is 18.0 Å². The summed E-state index contributed by atoms with van der Waals surface area (Å²) >= 11 is 0. The average molecular weight is 331 g/mol. The molecule has 0 aliphatic heterocycles. The third-order valence-electron chi connectivity index (χ3n) is 4.54. The number of nitrogens with two attached hydrogens (primary N) is 1. The van der Waals surface area contributed by atoms with Crippen molar-refractivity contribution >= 4 is 22.8 Å². The summed E-state index contributed by atoms with van der Waals surface area (Å²) < 4.78 is 6.22. The van der Waals surface area contributed by atoms with Crippen LogP contribution in [0.5, 0.6) is 11.6 Å². The van der Waals surface area contributed by atoms with Crippen LogP contribution in [0.3, 0.4) is 0 Å². The molecule has 24 heavy (non-hydrogen) atoms. The van der Waals surface area contributed by atoms with Crippen LogP contribution in [-0.4, -0.2) is 34.8 Å². The maximum Gasteiger partial charge on any atom is 0.326 e. The maximum atomic E-state index is 12.8. The monoisotopic (exact) mass is 331 g/mol. The van der Waals surface area contributed by atoms with Crippen molar-refractivity contribution in [2.75, 3.05) is 7.11 Å². The van der Waals surface area contributed by atoms with Crippen molar-refractivity contribution in [3.05, 3.63) is 23.8 Å². The van der Waals surface area contributed by atoms with E-state index in [9.17, 15) is 14.7 Å². The zero-order valence-electron chi connectivity index (χ0n) is 13.5. The highest BCUT2D eigenvalue weighted by Crippen LogP contribution is 2.37. The van der Waals surface area contributed by atoms with Gasteiger partial charge in [0.2, 0.25) is 5.88 Å². The molecular formula is C17H21N3O4. The summed E-state index contributed by atoms with van der Waals surface area (Å²) in [6.45, 7) is 0. The second kappa shape index (κ2) is 6.43. The highest BCUT2D eigenvalue weighted by Gasteiger charge is 2.28. The zero-order chi connectivity index (χ0) is 17.3. The Morgan fingerprint density at radius 1 is 1.29 bits per heavy atom. The second-order valence-electron chi connectivity index (χ2n) is 6.04. The molecule has 1 aliphatic rings. The molecule has 0 bridgehead atoms. The minimum absolute atomic E-state index is 0.0202. The number of fused-ring (bicyclic) bond motifs is 1. The Morgan fingerprint density at radius 2 is 2.00 bits per heavy atom. The van der Waals surface area contributed by atoms with Crippen molar-refractivity contribution in [1.82, 2.24) is 9.88 Å². The number of amides is 2. The molecule has 0 radical (unpaired) electrons. The molecule has 0 saturated heterocycles. The summed E-state index contributed by atoms with van der Waals surface area (Å²) in [6.07, 6.45) is 5.15. The van der Waals surface area contributed by atoms with Gasteiger partial charge in [0.25, 0.3) is 5.91 Å². The van der Waals surface area contributed by atoms with Gasteiger partial charge in [-0.25, -0.2) is 9.36 Å². The van der Waals surface area contributed by atoms with Crippen LogP contribution >= 0.6 is 0 Å². The molecule has 128 valence electrons. The molecule has 4 N–H and O–H groups in total. The predicted octanol–water partition coefficient (Wildman–Crippen LogP) is 2.34. The van der Waals surface area contributed by atoms with E-state index in [1.165, 1.54) is 13.5 Å². The van der Waals surface area contributed by atoms with Gasteiger partial charge in [-0.05, 0) is 25.0 Å². The van der Waals surface area contributed by atoms with E-state index in [2.05, 4.69) is 5.32 Å². The van der Waals surface area contributed by atoms with Crippen LogP contribution in [0.15, 0.2) is 18.2 Å². The summed E-state index contributed by atoms with van der Waals surface area (Å²) in [5, 5.41) is 13.8. The molecule has 1 aliphatic carbocycles. The van der Waals surface area contributed by atoms with Gasteiger partial charge in [0.1, 0.15) is 11.3 Å². The van der Waals surface area contributed by atoms with Gasteiger partial charge in [0.15, 0.2) is 0 Å². The van der Waals surface area contributed by atoms with Crippen LogP contribution in [0.4, 0.5) is 4.79 Å². The number of ether oxygens (including phenoxy) is 1. The third-order valence-corrected chi connectivity index (χ3v) is 4.54. The first-order valence-corrected chi connectivity index (χ1v) is 8.05. The standard InChI is InChI=1S/C17H21N3O4/c1-24-12-9-5-8-11-13(12)14(16(22)20(11)17(18)23)15(21)19-10-6-3-2-4-7-10/h5,8-10,22H,2-4,6-7H2,1H3,(H2,18,23)(H,19,21). The molecular weight excluding hydrogens is 310 g/mol. The lowest BCUT2D eigenvalue weighted by Crippen LogP contribution is -2.36. The molecule has 0 spiro atoms. The van der Waals surface area contributed by atoms with Crippen molar-refractivity contribution in [2.24, 2.45) is 5.73 Å². The van der Waals surface area contributed by atoms with Gasteiger partial charge >= 0.3 is 6.03 Å². The fraction of sp³-hybridized carbons (Fsp3) is 0.412. The van der Waals surface area contributed by atoms with Gasteiger partial charge in [-0.2, -0.15) is 0 Å².